The second-order valence-corrected chi connectivity index (χ2v) is 9.76. The SMILES string of the molecule is Cc1ccc(C(=O)Nc2ccc(N3CCN(C(=O)c4cc(C)nn4C(C)(C)C)CC3)nc2)cc1. The molecule has 0 bridgehead atoms. The normalized spacial score (nSPS) is 14.3. The summed E-state index contributed by atoms with van der Waals surface area (Å²) in [5.74, 6) is 0.680. The second kappa shape index (κ2) is 9.29. The molecule has 34 heavy (non-hydrogen) atoms. The molecule has 8 heteroatoms. The number of pyridine rings is 1. The Kier molecular flexibility index (Phi) is 6.41. The average molecular weight is 461 g/mol. The summed E-state index contributed by atoms with van der Waals surface area (Å²) < 4.78 is 1.82. The van der Waals surface area contributed by atoms with Crippen LogP contribution in [0, 0.1) is 13.8 Å². The number of nitrogens with one attached hydrogen (secondary N) is 1. The van der Waals surface area contributed by atoms with E-state index in [0.717, 1.165) is 17.1 Å². The molecule has 1 aromatic carbocycles. The minimum atomic E-state index is -0.262. The molecule has 2 aromatic heterocycles. The number of hydrogen-bond donors (Lipinski definition) is 1. The van der Waals surface area contributed by atoms with Crippen LogP contribution in [-0.2, 0) is 5.54 Å². The third-order valence-corrected chi connectivity index (χ3v) is 5.90. The fourth-order valence-corrected chi connectivity index (χ4v) is 4.02. The summed E-state index contributed by atoms with van der Waals surface area (Å²) in [4.78, 5) is 34.2. The van der Waals surface area contributed by atoms with E-state index in [9.17, 15) is 9.59 Å². The van der Waals surface area contributed by atoms with Crippen LogP contribution in [0.1, 0.15) is 52.9 Å². The molecule has 0 atom stereocenters. The van der Waals surface area contributed by atoms with Gasteiger partial charge in [0.15, 0.2) is 0 Å². The number of carbonyl (C=O) groups is 2. The van der Waals surface area contributed by atoms with Gasteiger partial charge in [-0.1, -0.05) is 17.7 Å². The monoisotopic (exact) mass is 460 g/mol. The van der Waals surface area contributed by atoms with E-state index >= 15 is 0 Å². The number of benzene rings is 1. The number of aryl methyl sites for hydroxylation is 2. The first-order valence-electron chi connectivity index (χ1n) is 11.6. The zero-order chi connectivity index (χ0) is 24.5. The molecule has 0 unspecified atom stereocenters. The number of aromatic nitrogens is 3. The highest BCUT2D eigenvalue weighted by molar-refractivity contribution is 6.04. The molecule has 8 nitrogen and oxygen atoms in total. The Labute approximate surface area is 200 Å². The number of piperazine rings is 1. The summed E-state index contributed by atoms with van der Waals surface area (Å²) in [7, 11) is 0. The van der Waals surface area contributed by atoms with E-state index in [-0.39, 0.29) is 17.4 Å². The van der Waals surface area contributed by atoms with Gasteiger partial charge in [0.25, 0.3) is 11.8 Å². The molecule has 1 N–H and O–H groups in total. The van der Waals surface area contributed by atoms with Gasteiger partial charge < -0.3 is 15.1 Å². The van der Waals surface area contributed by atoms with Crippen LogP contribution in [-0.4, -0.2) is 57.7 Å². The Balaban J connectivity index is 1.36. The van der Waals surface area contributed by atoms with E-state index in [1.807, 2.05) is 86.7 Å². The van der Waals surface area contributed by atoms with Gasteiger partial charge in [-0.05, 0) is 65.0 Å². The first-order valence-corrected chi connectivity index (χ1v) is 11.6. The van der Waals surface area contributed by atoms with Crippen molar-refractivity contribution < 1.29 is 9.59 Å². The third kappa shape index (κ3) is 5.11. The molecular weight excluding hydrogens is 428 g/mol. The maximum absolute atomic E-state index is 13.2. The van der Waals surface area contributed by atoms with E-state index in [4.69, 9.17) is 0 Å². The molecular formula is C26H32N6O2. The van der Waals surface area contributed by atoms with Gasteiger partial charge >= 0.3 is 0 Å². The number of carbonyl (C=O) groups excluding carboxylic acids is 2. The van der Waals surface area contributed by atoms with E-state index in [2.05, 4.69) is 20.3 Å². The summed E-state index contributed by atoms with van der Waals surface area (Å²) in [6.07, 6.45) is 1.67. The number of anilines is 2. The summed E-state index contributed by atoms with van der Waals surface area (Å²) in [5, 5.41) is 7.42. The molecule has 0 radical (unpaired) electrons. The molecule has 0 aliphatic carbocycles. The topological polar surface area (TPSA) is 83.4 Å². The second-order valence-electron chi connectivity index (χ2n) is 9.76. The lowest BCUT2D eigenvalue weighted by atomic mass is 10.1. The summed E-state index contributed by atoms with van der Waals surface area (Å²) in [5.41, 5.74) is 3.58. The van der Waals surface area contributed by atoms with Crippen LogP contribution in [0.25, 0.3) is 0 Å². The standard InChI is InChI=1S/C26H32N6O2/c1-18-6-8-20(9-7-18)24(33)28-21-10-11-23(27-17-21)30-12-14-31(15-13-30)25(34)22-16-19(2)29-32(22)26(3,4)5/h6-11,16-17H,12-15H2,1-5H3,(H,28,33). The molecule has 178 valence electrons. The quantitative estimate of drug-likeness (QED) is 0.639. The number of amides is 2. The first kappa shape index (κ1) is 23.5. The van der Waals surface area contributed by atoms with E-state index in [1.165, 1.54) is 0 Å². The van der Waals surface area contributed by atoms with Crippen molar-refractivity contribution in [2.45, 2.75) is 40.2 Å². The van der Waals surface area contributed by atoms with Crippen molar-refractivity contribution in [3.05, 3.63) is 71.2 Å². The lowest BCUT2D eigenvalue weighted by Crippen LogP contribution is -2.49. The van der Waals surface area contributed by atoms with Crippen LogP contribution >= 0.6 is 0 Å². The van der Waals surface area contributed by atoms with Crippen molar-refractivity contribution in [1.29, 1.82) is 0 Å². The van der Waals surface area contributed by atoms with Crippen molar-refractivity contribution >= 4 is 23.3 Å². The van der Waals surface area contributed by atoms with E-state index in [0.29, 0.717) is 43.1 Å². The highest BCUT2D eigenvalue weighted by Gasteiger charge is 2.28. The minimum Gasteiger partial charge on any atom is -0.353 e. The van der Waals surface area contributed by atoms with Crippen LogP contribution in [0.4, 0.5) is 11.5 Å². The van der Waals surface area contributed by atoms with Crippen LogP contribution in [0.3, 0.4) is 0 Å². The Morgan fingerprint density at radius 1 is 0.941 bits per heavy atom. The van der Waals surface area contributed by atoms with Crippen LogP contribution < -0.4 is 10.2 Å². The predicted octanol–water partition coefficient (Wildman–Crippen LogP) is 3.86. The van der Waals surface area contributed by atoms with Gasteiger partial charge in [-0.3, -0.25) is 14.3 Å². The Bertz CT molecular complexity index is 1170. The Morgan fingerprint density at radius 2 is 1.62 bits per heavy atom. The van der Waals surface area contributed by atoms with Gasteiger partial charge in [-0.15, -0.1) is 0 Å². The van der Waals surface area contributed by atoms with Gasteiger partial charge in [0, 0.05) is 31.7 Å². The summed E-state index contributed by atoms with van der Waals surface area (Å²) in [6, 6.07) is 13.1. The predicted molar refractivity (Wildman–Crippen MR) is 133 cm³/mol. The Morgan fingerprint density at radius 3 is 2.21 bits per heavy atom. The lowest BCUT2D eigenvalue weighted by Gasteiger charge is -2.36. The summed E-state index contributed by atoms with van der Waals surface area (Å²) >= 11 is 0. The minimum absolute atomic E-state index is 0.0114. The highest BCUT2D eigenvalue weighted by Crippen LogP contribution is 2.21. The van der Waals surface area contributed by atoms with Crippen molar-refractivity contribution in [2.24, 2.45) is 0 Å². The molecule has 1 fully saturated rings. The van der Waals surface area contributed by atoms with Crippen LogP contribution in [0.2, 0.25) is 0 Å². The van der Waals surface area contributed by atoms with Crippen molar-refractivity contribution in [3.63, 3.8) is 0 Å². The third-order valence-electron chi connectivity index (χ3n) is 5.90. The first-order chi connectivity index (χ1) is 16.1. The van der Waals surface area contributed by atoms with E-state index in [1.54, 1.807) is 6.20 Å². The zero-order valence-electron chi connectivity index (χ0n) is 20.5. The number of rotatable bonds is 4. The molecule has 0 saturated carbocycles. The average Bonchev–Trinajstić information content (AvgIpc) is 3.22. The molecule has 1 saturated heterocycles. The molecule has 1 aliphatic rings. The number of nitrogens with zero attached hydrogens (tertiary/aromatic N) is 5. The maximum Gasteiger partial charge on any atom is 0.272 e. The maximum atomic E-state index is 13.2. The van der Waals surface area contributed by atoms with Crippen LogP contribution in [0.5, 0.6) is 0 Å². The fraction of sp³-hybridized carbons (Fsp3) is 0.385. The highest BCUT2D eigenvalue weighted by atomic mass is 16.2. The Hall–Kier alpha value is -3.68. The molecule has 4 rings (SSSR count). The molecule has 3 aromatic rings. The molecule has 3 heterocycles. The fourth-order valence-electron chi connectivity index (χ4n) is 4.02. The van der Waals surface area contributed by atoms with Crippen molar-refractivity contribution in [1.82, 2.24) is 19.7 Å². The summed E-state index contributed by atoms with van der Waals surface area (Å²) in [6.45, 7) is 12.7. The zero-order valence-corrected chi connectivity index (χ0v) is 20.5. The van der Waals surface area contributed by atoms with Crippen LogP contribution in [0.15, 0.2) is 48.7 Å². The van der Waals surface area contributed by atoms with Gasteiger partial charge in [0.05, 0.1) is 23.1 Å². The lowest BCUT2D eigenvalue weighted by molar-refractivity contribution is 0.0725. The van der Waals surface area contributed by atoms with Gasteiger partial charge in [0.2, 0.25) is 0 Å². The van der Waals surface area contributed by atoms with Crippen molar-refractivity contribution in [3.8, 4) is 0 Å². The van der Waals surface area contributed by atoms with Gasteiger partial charge in [-0.25, -0.2) is 4.98 Å². The van der Waals surface area contributed by atoms with Gasteiger partial charge in [-0.2, -0.15) is 5.10 Å². The van der Waals surface area contributed by atoms with Gasteiger partial charge in [0.1, 0.15) is 11.5 Å². The molecule has 1 aliphatic heterocycles. The largest absolute Gasteiger partial charge is 0.353 e. The van der Waals surface area contributed by atoms with E-state index < -0.39 is 0 Å². The number of hydrogen-bond acceptors (Lipinski definition) is 5. The molecule has 2 amide bonds. The van der Waals surface area contributed by atoms with Crippen molar-refractivity contribution in [2.75, 3.05) is 36.4 Å². The molecule has 0 spiro atoms. The smallest absolute Gasteiger partial charge is 0.272 e.